The number of carbonyl (C=O) groups is 2. The molecule has 1 aromatic heterocycles. The smallest absolute Gasteiger partial charge is 0.354 e. The van der Waals surface area contributed by atoms with Crippen molar-refractivity contribution in [2.45, 2.75) is 0 Å². The third-order valence-corrected chi connectivity index (χ3v) is 2.47. The van der Waals surface area contributed by atoms with Crippen LogP contribution in [0.3, 0.4) is 0 Å². The van der Waals surface area contributed by atoms with Gasteiger partial charge in [-0.1, -0.05) is 0 Å². The lowest BCUT2D eigenvalue weighted by Gasteiger charge is -2.05. The van der Waals surface area contributed by atoms with Gasteiger partial charge in [0.25, 0.3) is 11.6 Å². The standard InChI is InChI=1S/C11H7FN4O5/c12-5-1-2-6(7(3-5)16(20)21)15-10(17)8-9(11(18)19)14-4-13-8/h1-4H,(H,13,14)(H,15,17)(H,18,19). The van der Waals surface area contributed by atoms with Gasteiger partial charge in [0, 0.05) is 0 Å². The minimum atomic E-state index is -1.41. The van der Waals surface area contributed by atoms with E-state index in [0.717, 1.165) is 18.5 Å². The summed E-state index contributed by atoms with van der Waals surface area (Å²) in [5, 5.41) is 21.8. The first kappa shape index (κ1) is 14.1. The van der Waals surface area contributed by atoms with Crippen molar-refractivity contribution in [1.29, 1.82) is 0 Å². The van der Waals surface area contributed by atoms with Crippen LogP contribution in [0.2, 0.25) is 0 Å². The number of carboxylic acid groups (broad SMARTS) is 1. The highest BCUT2D eigenvalue weighted by atomic mass is 19.1. The molecule has 108 valence electrons. The van der Waals surface area contributed by atoms with Gasteiger partial charge in [0.15, 0.2) is 11.4 Å². The highest BCUT2D eigenvalue weighted by molar-refractivity contribution is 6.09. The third-order valence-electron chi connectivity index (χ3n) is 2.47. The number of aromatic amines is 1. The Morgan fingerprint density at radius 3 is 2.76 bits per heavy atom. The Morgan fingerprint density at radius 2 is 2.14 bits per heavy atom. The molecule has 0 aliphatic heterocycles. The van der Waals surface area contributed by atoms with Crippen LogP contribution in [-0.2, 0) is 0 Å². The van der Waals surface area contributed by atoms with Crippen LogP contribution in [0.4, 0.5) is 15.8 Å². The number of aromatic nitrogens is 2. The first-order chi connectivity index (χ1) is 9.90. The summed E-state index contributed by atoms with van der Waals surface area (Å²) in [4.78, 5) is 38.4. The number of imidazole rings is 1. The number of hydrogen-bond donors (Lipinski definition) is 3. The summed E-state index contributed by atoms with van der Waals surface area (Å²) in [6.07, 6.45) is 0.997. The number of anilines is 1. The molecule has 0 radical (unpaired) electrons. The minimum absolute atomic E-state index is 0.272. The maximum Gasteiger partial charge on any atom is 0.354 e. The summed E-state index contributed by atoms with van der Waals surface area (Å²) in [6.45, 7) is 0. The van der Waals surface area contributed by atoms with Crippen molar-refractivity contribution >= 4 is 23.3 Å². The summed E-state index contributed by atoms with van der Waals surface area (Å²) < 4.78 is 13.0. The van der Waals surface area contributed by atoms with E-state index in [1.165, 1.54) is 0 Å². The molecule has 0 fully saturated rings. The summed E-state index contributed by atoms with van der Waals surface area (Å²) in [7, 11) is 0. The predicted octanol–water partition coefficient (Wildman–Crippen LogP) is 1.41. The van der Waals surface area contributed by atoms with Crippen LogP contribution in [-0.4, -0.2) is 31.9 Å². The summed E-state index contributed by atoms with van der Waals surface area (Å²) in [6, 6.07) is 2.56. The molecule has 2 rings (SSSR count). The molecule has 0 aliphatic carbocycles. The van der Waals surface area contributed by atoms with Crippen molar-refractivity contribution in [1.82, 2.24) is 9.97 Å². The number of aromatic carboxylic acids is 1. The summed E-state index contributed by atoms with van der Waals surface area (Å²) in [5.41, 5.74) is -1.83. The Bertz CT molecular complexity index is 742. The van der Waals surface area contributed by atoms with E-state index in [1.807, 2.05) is 0 Å². The maximum atomic E-state index is 13.0. The normalized spacial score (nSPS) is 10.1. The molecule has 0 saturated carbocycles. The number of rotatable bonds is 4. The van der Waals surface area contributed by atoms with E-state index in [0.29, 0.717) is 6.07 Å². The monoisotopic (exact) mass is 294 g/mol. The van der Waals surface area contributed by atoms with Gasteiger partial charge in [-0.15, -0.1) is 0 Å². The van der Waals surface area contributed by atoms with Gasteiger partial charge in [0.1, 0.15) is 11.5 Å². The van der Waals surface area contributed by atoms with Gasteiger partial charge in [0.05, 0.1) is 17.3 Å². The summed E-state index contributed by atoms with van der Waals surface area (Å²) in [5.74, 6) is -3.22. The van der Waals surface area contributed by atoms with Gasteiger partial charge in [0.2, 0.25) is 0 Å². The molecule has 2 aromatic rings. The third kappa shape index (κ3) is 2.83. The predicted molar refractivity (Wildman–Crippen MR) is 66.6 cm³/mol. The minimum Gasteiger partial charge on any atom is -0.477 e. The van der Waals surface area contributed by atoms with Gasteiger partial charge in [-0.3, -0.25) is 14.9 Å². The molecule has 3 N–H and O–H groups in total. The van der Waals surface area contributed by atoms with Crippen LogP contribution in [0.1, 0.15) is 21.0 Å². The second kappa shape index (κ2) is 5.36. The fourth-order valence-electron chi connectivity index (χ4n) is 1.57. The van der Waals surface area contributed by atoms with Crippen molar-refractivity contribution in [3.05, 3.63) is 51.8 Å². The number of hydrogen-bond acceptors (Lipinski definition) is 5. The quantitative estimate of drug-likeness (QED) is 0.575. The number of carbonyl (C=O) groups excluding carboxylic acids is 1. The molecule has 0 spiro atoms. The van der Waals surface area contributed by atoms with Crippen LogP contribution in [0.15, 0.2) is 24.5 Å². The second-order valence-corrected chi connectivity index (χ2v) is 3.80. The highest BCUT2D eigenvalue weighted by Gasteiger charge is 2.23. The number of nitrogens with zero attached hydrogens (tertiary/aromatic N) is 2. The summed E-state index contributed by atoms with van der Waals surface area (Å²) >= 11 is 0. The van der Waals surface area contributed by atoms with E-state index in [2.05, 4.69) is 15.3 Å². The zero-order valence-electron chi connectivity index (χ0n) is 10.2. The van der Waals surface area contributed by atoms with E-state index in [4.69, 9.17) is 5.11 Å². The van der Waals surface area contributed by atoms with Gasteiger partial charge < -0.3 is 15.4 Å². The van der Waals surface area contributed by atoms with E-state index >= 15 is 0 Å². The van der Waals surface area contributed by atoms with Gasteiger partial charge in [-0.25, -0.2) is 14.2 Å². The number of H-pyrrole nitrogens is 1. The van der Waals surface area contributed by atoms with Gasteiger partial charge in [-0.2, -0.15) is 0 Å². The zero-order chi connectivity index (χ0) is 15.6. The van der Waals surface area contributed by atoms with Crippen LogP contribution in [0.25, 0.3) is 0 Å². The first-order valence-corrected chi connectivity index (χ1v) is 5.42. The molecular formula is C11H7FN4O5. The van der Waals surface area contributed by atoms with E-state index < -0.39 is 39.7 Å². The Balaban J connectivity index is 2.34. The van der Waals surface area contributed by atoms with E-state index in [1.54, 1.807) is 0 Å². The maximum absolute atomic E-state index is 13.0. The van der Waals surface area contributed by atoms with Crippen molar-refractivity contribution in [2.75, 3.05) is 5.32 Å². The number of nitrogens with one attached hydrogen (secondary N) is 2. The first-order valence-electron chi connectivity index (χ1n) is 5.42. The number of halogens is 1. The average molecular weight is 294 g/mol. The number of carboxylic acids is 1. The van der Waals surface area contributed by atoms with Crippen molar-refractivity contribution in [3.63, 3.8) is 0 Å². The molecule has 9 nitrogen and oxygen atoms in total. The van der Waals surface area contributed by atoms with Crippen molar-refractivity contribution in [3.8, 4) is 0 Å². The van der Waals surface area contributed by atoms with Crippen LogP contribution >= 0.6 is 0 Å². The molecule has 0 unspecified atom stereocenters. The highest BCUT2D eigenvalue weighted by Crippen LogP contribution is 2.25. The molecule has 10 heteroatoms. The molecule has 1 amide bonds. The molecular weight excluding hydrogens is 287 g/mol. The van der Waals surface area contributed by atoms with Crippen molar-refractivity contribution in [2.24, 2.45) is 0 Å². The lowest BCUT2D eigenvalue weighted by atomic mass is 10.2. The average Bonchev–Trinajstić information content (AvgIpc) is 2.90. The Kier molecular flexibility index (Phi) is 3.61. The SMILES string of the molecule is O=C(Nc1ccc(F)cc1[N+](=O)[O-])c1nc[nH]c1C(=O)O. The van der Waals surface area contributed by atoms with Crippen molar-refractivity contribution < 1.29 is 24.0 Å². The second-order valence-electron chi connectivity index (χ2n) is 3.80. The van der Waals surface area contributed by atoms with Crippen LogP contribution < -0.4 is 5.32 Å². The lowest BCUT2D eigenvalue weighted by Crippen LogP contribution is -2.17. The molecule has 1 heterocycles. The Hall–Kier alpha value is -3.30. The largest absolute Gasteiger partial charge is 0.477 e. The van der Waals surface area contributed by atoms with Gasteiger partial charge in [-0.05, 0) is 12.1 Å². The van der Waals surface area contributed by atoms with Crippen LogP contribution in [0, 0.1) is 15.9 Å². The molecule has 0 bridgehead atoms. The molecule has 1 aromatic carbocycles. The number of nitro groups is 1. The molecule has 21 heavy (non-hydrogen) atoms. The Labute approximate surface area is 115 Å². The van der Waals surface area contributed by atoms with E-state index in [-0.39, 0.29) is 5.69 Å². The molecule has 0 atom stereocenters. The van der Waals surface area contributed by atoms with E-state index in [9.17, 15) is 24.1 Å². The molecule has 0 saturated heterocycles. The van der Waals surface area contributed by atoms with Gasteiger partial charge >= 0.3 is 5.97 Å². The molecule has 0 aliphatic rings. The fourth-order valence-corrected chi connectivity index (χ4v) is 1.57. The fraction of sp³-hybridized carbons (Fsp3) is 0. The lowest BCUT2D eigenvalue weighted by molar-refractivity contribution is -0.384. The van der Waals surface area contributed by atoms with Crippen LogP contribution in [0.5, 0.6) is 0 Å². The number of benzene rings is 1. The topological polar surface area (TPSA) is 138 Å². The zero-order valence-corrected chi connectivity index (χ0v) is 10.2. The number of nitro benzene ring substituents is 1. The Morgan fingerprint density at radius 1 is 1.43 bits per heavy atom. The number of amides is 1.